The second-order valence-electron chi connectivity index (χ2n) is 6.89. The molecule has 0 aliphatic heterocycles. The van der Waals surface area contributed by atoms with Crippen LogP contribution in [0.2, 0.25) is 0 Å². The first-order valence-electron chi connectivity index (χ1n) is 9.24. The zero-order valence-corrected chi connectivity index (χ0v) is 18.6. The molecule has 0 spiro atoms. The number of hydrogen-bond donors (Lipinski definition) is 2. The zero-order valence-electron chi connectivity index (χ0n) is 16.2. The monoisotopic (exact) mass is 483 g/mol. The Morgan fingerprint density at radius 2 is 2.00 bits per heavy atom. The average Bonchev–Trinajstić information content (AvgIpc) is 3.37. The lowest BCUT2D eigenvalue weighted by atomic mass is 10.1. The van der Waals surface area contributed by atoms with Crippen molar-refractivity contribution in [1.29, 1.82) is 0 Å². The van der Waals surface area contributed by atoms with Crippen molar-refractivity contribution in [2.45, 2.75) is 19.8 Å². The van der Waals surface area contributed by atoms with Crippen LogP contribution in [0.15, 0.2) is 63.2 Å². The van der Waals surface area contributed by atoms with E-state index in [1.54, 1.807) is 24.3 Å². The van der Waals surface area contributed by atoms with Gasteiger partial charge >= 0.3 is 0 Å². The lowest BCUT2D eigenvalue weighted by molar-refractivity contribution is 0.102. The van der Waals surface area contributed by atoms with E-state index >= 15 is 0 Å². The lowest BCUT2D eigenvalue weighted by Gasteiger charge is -2.11. The number of halogens is 1. The summed E-state index contributed by atoms with van der Waals surface area (Å²) in [4.78, 5) is 33.3. The van der Waals surface area contributed by atoms with E-state index in [1.807, 2.05) is 37.4 Å². The lowest BCUT2D eigenvalue weighted by Crippen LogP contribution is -2.19. The molecular weight excluding hydrogens is 466 g/mol. The molecule has 1 amide bonds. The van der Waals surface area contributed by atoms with Gasteiger partial charge in [-0.15, -0.1) is 11.3 Å². The molecule has 3 heterocycles. The summed E-state index contributed by atoms with van der Waals surface area (Å²) in [5.41, 5.74) is 1.52. The minimum absolute atomic E-state index is 0.0664. The quantitative estimate of drug-likeness (QED) is 0.425. The number of anilines is 1. The highest BCUT2D eigenvalue weighted by atomic mass is 79.9. The average molecular weight is 484 g/mol. The number of H-pyrrole nitrogens is 1. The van der Waals surface area contributed by atoms with Gasteiger partial charge in [-0.2, -0.15) is 9.78 Å². The Kier molecular flexibility index (Phi) is 5.65. The fraction of sp³-hybridized carbons (Fsp3) is 0.143. The number of carbonyl (C=O) groups is 1. The van der Waals surface area contributed by atoms with Gasteiger partial charge in [-0.3, -0.25) is 14.6 Å². The van der Waals surface area contributed by atoms with Gasteiger partial charge in [-0.25, -0.2) is 4.98 Å². The number of thiophene rings is 1. The van der Waals surface area contributed by atoms with E-state index in [-0.39, 0.29) is 23.3 Å². The Bertz CT molecular complexity index is 1260. The van der Waals surface area contributed by atoms with Gasteiger partial charge in [0.05, 0.1) is 16.1 Å². The Morgan fingerprint density at radius 3 is 2.70 bits per heavy atom. The molecule has 0 bridgehead atoms. The van der Waals surface area contributed by atoms with Crippen molar-refractivity contribution in [2.24, 2.45) is 0 Å². The van der Waals surface area contributed by atoms with Gasteiger partial charge < -0.3 is 5.32 Å². The van der Waals surface area contributed by atoms with E-state index in [2.05, 4.69) is 36.3 Å². The van der Waals surface area contributed by atoms with Gasteiger partial charge in [0.15, 0.2) is 0 Å². The molecule has 0 aliphatic rings. The Hall–Kier alpha value is -3.04. The second kappa shape index (κ2) is 8.37. The van der Waals surface area contributed by atoms with Crippen molar-refractivity contribution >= 4 is 39.0 Å². The first-order valence-corrected chi connectivity index (χ1v) is 10.9. The summed E-state index contributed by atoms with van der Waals surface area (Å²) in [5, 5.41) is 9.44. The van der Waals surface area contributed by atoms with Crippen molar-refractivity contribution in [1.82, 2.24) is 19.7 Å². The number of hydrogen-bond acceptors (Lipinski definition) is 5. The molecule has 2 N–H and O–H groups in total. The number of benzene rings is 1. The van der Waals surface area contributed by atoms with Gasteiger partial charge in [-0.1, -0.05) is 32.0 Å². The molecule has 0 radical (unpaired) electrons. The molecular formula is C21H18BrN5O2S. The van der Waals surface area contributed by atoms with E-state index in [9.17, 15) is 9.59 Å². The molecule has 4 rings (SSSR count). The van der Waals surface area contributed by atoms with E-state index < -0.39 is 0 Å². The number of nitrogens with zero attached hydrogens (tertiary/aromatic N) is 3. The maximum Gasteiger partial charge on any atom is 0.257 e. The number of carbonyl (C=O) groups excluding carboxylic acids is 1. The summed E-state index contributed by atoms with van der Waals surface area (Å²) >= 11 is 4.94. The van der Waals surface area contributed by atoms with Gasteiger partial charge in [0.2, 0.25) is 5.95 Å². The van der Waals surface area contributed by atoms with Crippen LogP contribution in [0.4, 0.5) is 5.82 Å². The molecule has 7 nitrogen and oxygen atoms in total. The molecule has 4 aromatic rings. The number of nitrogens with one attached hydrogen (secondary N) is 2. The molecule has 3 aromatic heterocycles. The molecule has 1 aromatic carbocycles. The van der Waals surface area contributed by atoms with E-state index in [0.717, 1.165) is 4.88 Å². The molecule has 0 unspecified atom stereocenters. The van der Waals surface area contributed by atoms with Crippen LogP contribution in [-0.4, -0.2) is 25.7 Å². The van der Waals surface area contributed by atoms with Gasteiger partial charge in [0.25, 0.3) is 11.5 Å². The van der Waals surface area contributed by atoms with Gasteiger partial charge in [0.1, 0.15) is 11.5 Å². The number of rotatable bonds is 5. The van der Waals surface area contributed by atoms with Crippen LogP contribution in [-0.2, 0) is 0 Å². The van der Waals surface area contributed by atoms with Crippen LogP contribution in [0.3, 0.4) is 0 Å². The SMILES string of the molecule is CC(C)c1cc(=O)[nH]c(-n2nc(-c3cccs3)cc2NC(=O)c2ccccc2Br)n1. The fourth-order valence-electron chi connectivity index (χ4n) is 2.86. The summed E-state index contributed by atoms with van der Waals surface area (Å²) < 4.78 is 2.14. The first-order chi connectivity index (χ1) is 14.4. The molecule has 0 fully saturated rings. The van der Waals surface area contributed by atoms with E-state index in [1.165, 1.54) is 22.1 Å². The molecule has 0 atom stereocenters. The van der Waals surface area contributed by atoms with Crippen molar-refractivity contribution in [3.05, 3.63) is 80.0 Å². The maximum absolute atomic E-state index is 12.9. The van der Waals surface area contributed by atoms with Crippen LogP contribution in [0, 0.1) is 0 Å². The molecule has 0 saturated carbocycles. The minimum atomic E-state index is -0.302. The summed E-state index contributed by atoms with van der Waals surface area (Å²) in [5.74, 6) is 0.417. The van der Waals surface area contributed by atoms with Crippen molar-refractivity contribution in [3.63, 3.8) is 0 Å². The first kappa shape index (κ1) is 20.2. The van der Waals surface area contributed by atoms with Crippen LogP contribution in [0.5, 0.6) is 0 Å². The third kappa shape index (κ3) is 4.12. The van der Waals surface area contributed by atoms with E-state index in [0.29, 0.717) is 27.2 Å². The third-order valence-electron chi connectivity index (χ3n) is 4.38. The predicted molar refractivity (Wildman–Crippen MR) is 121 cm³/mol. The standard InChI is InChI=1S/C21H18BrN5O2S/c1-12(2)15-11-19(28)25-21(23-15)27-18(10-16(26-27)17-8-5-9-30-17)24-20(29)13-6-3-4-7-14(13)22/h3-12H,1-2H3,(H,24,29)(H,23,25,28). The summed E-state index contributed by atoms with van der Waals surface area (Å²) in [7, 11) is 0. The number of aromatic nitrogens is 4. The summed E-state index contributed by atoms with van der Waals surface area (Å²) in [6.45, 7) is 3.92. The molecule has 0 saturated heterocycles. The Balaban J connectivity index is 1.81. The minimum Gasteiger partial charge on any atom is -0.306 e. The Morgan fingerprint density at radius 1 is 1.20 bits per heavy atom. The normalized spacial score (nSPS) is 11.1. The molecule has 0 aliphatic carbocycles. The summed E-state index contributed by atoms with van der Waals surface area (Å²) in [6.07, 6.45) is 0. The highest BCUT2D eigenvalue weighted by Crippen LogP contribution is 2.28. The van der Waals surface area contributed by atoms with Crippen molar-refractivity contribution in [3.8, 4) is 16.5 Å². The van der Waals surface area contributed by atoms with Crippen LogP contribution >= 0.6 is 27.3 Å². The second-order valence-corrected chi connectivity index (χ2v) is 8.69. The summed E-state index contributed by atoms with van der Waals surface area (Å²) in [6, 6.07) is 14.3. The highest BCUT2D eigenvalue weighted by Gasteiger charge is 2.18. The highest BCUT2D eigenvalue weighted by molar-refractivity contribution is 9.10. The van der Waals surface area contributed by atoms with Crippen molar-refractivity contribution < 1.29 is 4.79 Å². The Labute approximate surface area is 184 Å². The molecule has 152 valence electrons. The fourth-order valence-corrected chi connectivity index (χ4v) is 4.01. The van der Waals surface area contributed by atoms with Gasteiger partial charge in [-0.05, 0) is 45.4 Å². The third-order valence-corrected chi connectivity index (χ3v) is 5.97. The zero-order chi connectivity index (χ0) is 21.3. The van der Waals surface area contributed by atoms with Crippen LogP contribution in [0.1, 0.15) is 35.8 Å². The molecule has 30 heavy (non-hydrogen) atoms. The maximum atomic E-state index is 12.9. The van der Waals surface area contributed by atoms with Crippen LogP contribution in [0.25, 0.3) is 16.5 Å². The van der Waals surface area contributed by atoms with Gasteiger partial charge in [0, 0.05) is 16.6 Å². The predicted octanol–water partition coefficient (Wildman–Crippen LogP) is 4.82. The smallest absolute Gasteiger partial charge is 0.257 e. The van der Waals surface area contributed by atoms with Crippen molar-refractivity contribution in [2.75, 3.05) is 5.32 Å². The molecule has 9 heteroatoms. The number of aromatic amines is 1. The van der Waals surface area contributed by atoms with Crippen LogP contribution < -0.4 is 10.9 Å². The largest absolute Gasteiger partial charge is 0.306 e. The topological polar surface area (TPSA) is 92.7 Å². The van der Waals surface area contributed by atoms with E-state index in [4.69, 9.17) is 0 Å². The number of amides is 1.